The third kappa shape index (κ3) is 5.83. The molecule has 7 heteroatoms. The van der Waals surface area contributed by atoms with Gasteiger partial charge >= 0.3 is 5.97 Å². The van der Waals surface area contributed by atoms with Crippen molar-refractivity contribution in [1.82, 2.24) is 4.90 Å². The predicted octanol–water partition coefficient (Wildman–Crippen LogP) is 1.75. The molecule has 0 aliphatic carbocycles. The van der Waals surface area contributed by atoms with Crippen LogP contribution in [0.3, 0.4) is 0 Å². The van der Waals surface area contributed by atoms with Gasteiger partial charge in [-0.1, -0.05) is 38.1 Å². The lowest BCUT2D eigenvalue weighted by atomic mass is 10.1. The summed E-state index contributed by atoms with van der Waals surface area (Å²) in [5.41, 5.74) is 1.86. The number of benzene rings is 1. The Morgan fingerprint density at radius 3 is 2.54 bits per heavy atom. The highest BCUT2D eigenvalue weighted by molar-refractivity contribution is 7.91. The number of nitrogens with zero attached hydrogens (tertiary/aromatic N) is 1. The van der Waals surface area contributed by atoms with E-state index in [1.165, 1.54) is 0 Å². The van der Waals surface area contributed by atoms with Crippen molar-refractivity contribution in [3.05, 3.63) is 35.4 Å². The summed E-state index contributed by atoms with van der Waals surface area (Å²) in [6, 6.07) is 7.19. The Balaban J connectivity index is 1.94. The van der Waals surface area contributed by atoms with E-state index in [1.54, 1.807) is 4.90 Å². The highest BCUT2D eigenvalue weighted by Crippen LogP contribution is 2.19. The molecule has 2 rings (SSSR count). The number of hydrogen-bond acceptors (Lipinski definition) is 5. The van der Waals surface area contributed by atoms with Crippen molar-refractivity contribution in [2.24, 2.45) is 5.92 Å². The summed E-state index contributed by atoms with van der Waals surface area (Å²) in [7, 11) is -3.09. The zero-order valence-corrected chi connectivity index (χ0v) is 16.4. The summed E-state index contributed by atoms with van der Waals surface area (Å²) >= 11 is 0. The van der Waals surface area contributed by atoms with Gasteiger partial charge in [-0.05, 0) is 30.4 Å². The number of carbonyl (C=O) groups is 2. The second-order valence-corrected chi connectivity index (χ2v) is 9.49. The number of esters is 1. The van der Waals surface area contributed by atoms with E-state index in [1.807, 2.05) is 45.0 Å². The minimum absolute atomic E-state index is 0.0113. The minimum Gasteiger partial charge on any atom is -0.455 e. The first-order valence-corrected chi connectivity index (χ1v) is 10.7. The van der Waals surface area contributed by atoms with Crippen molar-refractivity contribution in [3.8, 4) is 0 Å². The Bertz CT molecular complexity index is 757. The lowest BCUT2D eigenvalue weighted by Crippen LogP contribution is -2.45. The van der Waals surface area contributed by atoms with Gasteiger partial charge in [0.05, 0.1) is 17.9 Å². The van der Waals surface area contributed by atoms with Gasteiger partial charge in [-0.25, -0.2) is 8.42 Å². The van der Waals surface area contributed by atoms with E-state index < -0.39 is 15.8 Å². The van der Waals surface area contributed by atoms with Gasteiger partial charge in [0.25, 0.3) is 5.91 Å². The summed E-state index contributed by atoms with van der Waals surface area (Å²) in [6.45, 7) is 5.95. The van der Waals surface area contributed by atoms with Gasteiger partial charge in [0.15, 0.2) is 16.4 Å². The molecular formula is C19H27NO5S. The first kappa shape index (κ1) is 20.4. The average Bonchev–Trinajstić information content (AvgIpc) is 2.92. The van der Waals surface area contributed by atoms with Crippen LogP contribution in [0.25, 0.3) is 0 Å². The van der Waals surface area contributed by atoms with Gasteiger partial charge < -0.3 is 9.64 Å². The Hall–Kier alpha value is -1.89. The van der Waals surface area contributed by atoms with Crippen LogP contribution in [0.1, 0.15) is 31.4 Å². The minimum atomic E-state index is -3.09. The van der Waals surface area contributed by atoms with Crippen LogP contribution in [0.15, 0.2) is 24.3 Å². The van der Waals surface area contributed by atoms with Crippen molar-refractivity contribution in [2.75, 3.05) is 24.7 Å². The average molecular weight is 381 g/mol. The van der Waals surface area contributed by atoms with Crippen LogP contribution in [0, 0.1) is 12.8 Å². The molecule has 1 fully saturated rings. The lowest BCUT2D eigenvalue weighted by Gasteiger charge is -2.29. The summed E-state index contributed by atoms with van der Waals surface area (Å²) in [4.78, 5) is 26.2. The van der Waals surface area contributed by atoms with Crippen LogP contribution in [-0.4, -0.2) is 55.9 Å². The van der Waals surface area contributed by atoms with Crippen LogP contribution >= 0.6 is 0 Å². The number of rotatable bonds is 7. The van der Waals surface area contributed by atoms with Crippen molar-refractivity contribution in [1.29, 1.82) is 0 Å². The fourth-order valence-electron chi connectivity index (χ4n) is 3.11. The van der Waals surface area contributed by atoms with E-state index in [0.29, 0.717) is 13.0 Å². The zero-order chi connectivity index (χ0) is 19.3. The highest BCUT2D eigenvalue weighted by atomic mass is 32.2. The SMILES string of the molecule is Cc1ccccc1CC(=O)OCC(=O)N(CC(C)C)C1CCS(=O)(=O)C1. The summed E-state index contributed by atoms with van der Waals surface area (Å²) in [5, 5.41) is 0. The van der Waals surface area contributed by atoms with E-state index in [9.17, 15) is 18.0 Å². The molecule has 1 amide bonds. The first-order valence-electron chi connectivity index (χ1n) is 8.88. The molecule has 1 saturated heterocycles. The molecule has 0 bridgehead atoms. The fraction of sp³-hybridized carbons (Fsp3) is 0.579. The molecule has 1 aromatic rings. The maximum absolute atomic E-state index is 12.6. The molecule has 1 unspecified atom stereocenters. The summed E-state index contributed by atoms with van der Waals surface area (Å²) in [5.74, 6) is -0.505. The van der Waals surface area contributed by atoms with Gasteiger partial charge in [-0.15, -0.1) is 0 Å². The van der Waals surface area contributed by atoms with E-state index in [0.717, 1.165) is 11.1 Å². The van der Waals surface area contributed by atoms with Gasteiger partial charge in [-0.3, -0.25) is 9.59 Å². The Morgan fingerprint density at radius 2 is 1.96 bits per heavy atom. The molecule has 144 valence electrons. The van der Waals surface area contributed by atoms with Crippen molar-refractivity contribution in [2.45, 2.75) is 39.7 Å². The van der Waals surface area contributed by atoms with E-state index in [4.69, 9.17) is 4.74 Å². The Labute approximate surface area is 155 Å². The van der Waals surface area contributed by atoms with Crippen molar-refractivity contribution in [3.63, 3.8) is 0 Å². The second-order valence-electron chi connectivity index (χ2n) is 7.26. The second kappa shape index (κ2) is 8.66. The molecule has 0 saturated carbocycles. The van der Waals surface area contributed by atoms with Gasteiger partial charge in [0.1, 0.15) is 0 Å². The number of hydrogen-bond donors (Lipinski definition) is 0. The predicted molar refractivity (Wildman–Crippen MR) is 99.5 cm³/mol. The van der Waals surface area contributed by atoms with Crippen molar-refractivity contribution < 1.29 is 22.7 Å². The normalized spacial score (nSPS) is 18.7. The van der Waals surface area contributed by atoms with Gasteiger partial charge in [-0.2, -0.15) is 0 Å². The molecule has 0 aromatic heterocycles. The Morgan fingerprint density at radius 1 is 1.27 bits per heavy atom. The largest absolute Gasteiger partial charge is 0.455 e. The fourth-order valence-corrected chi connectivity index (χ4v) is 4.84. The molecule has 1 aliphatic heterocycles. The van der Waals surface area contributed by atoms with Crippen LogP contribution in [0.2, 0.25) is 0 Å². The number of carbonyl (C=O) groups excluding carboxylic acids is 2. The number of amides is 1. The molecule has 1 aliphatic rings. The lowest BCUT2D eigenvalue weighted by molar-refractivity contribution is -0.152. The van der Waals surface area contributed by atoms with Gasteiger partial charge in [0.2, 0.25) is 0 Å². The number of ether oxygens (including phenoxy) is 1. The number of aryl methyl sites for hydroxylation is 1. The molecule has 1 aromatic carbocycles. The van der Waals surface area contributed by atoms with E-state index in [2.05, 4.69) is 0 Å². The smallest absolute Gasteiger partial charge is 0.310 e. The molecule has 26 heavy (non-hydrogen) atoms. The van der Waals surface area contributed by atoms with E-state index in [-0.39, 0.29) is 42.4 Å². The maximum Gasteiger partial charge on any atom is 0.310 e. The van der Waals surface area contributed by atoms with Crippen LogP contribution in [-0.2, 0) is 30.6 Å². The third-order valence-corrected chi connectivity index (χ3v) is 6.23. The molecule has 0 spiro atoms. The summed E-state index contributed by atoms with van der Waals surface area (Å²) < 4.78 is 28.6. The topological polar surface area (TPSA) is 80.8 Å². The van der Waals surface area contributed by atoms with E-state index >= 15 is 0 Å². The van der Waals surface area contributed by atoms with Crippen LogP contribution in [0.4, 0.5) is 0 Å². The van der Waals surface area contributed by atoms with Crippen LogP contribution < -0.4 is 0 Å². The van der Waals surface area contributed by atoms with Gasteiger partial charge in [0, 0.05) is 12.6 Å². The third-order valence-electron chi connectivity index (χ3n) is 4.48. The monoisotopic (exact) mass is 381 g/mol. The highest BCUT2D eigenvalue weighted by Gasteiger charge is 2.35. The molecule has 1 heterocycles. The quantitative estimate of drug-likeness (QED) is 0.672. The molecule has 6 nitrogen and oxygen atoms in total. The zero-order valence-electron chi connectivity index (χ0n) is 15.6. The van der Waals surface area contributed by atoms with Crippen molar-refractivity contribution >= 4 is 21.7 Å². The summed E-state index contributed by atoms with van der Waals surface area (Å²) in [6.07, 6.45) is 0.555. The van der Waals surface area contributed by atoms with Crippen LogP contribution in [0.5, 0.6) is 0 Å². The Kier molecular flexibility index (Phi) is 6.81. The molecule has 1 atom stereocenters. The molecule has 0 radical (unpaired) electrons. The number of sulfone groups is 1. The standard InChI is InChI=1S/C19H27NO5S/c1-14(2)11-20(17-8-9-26(23,24)13-17)18(21)12-25-19(22)10-16-7-5-4-6-15(16)3/h4-7,14,17H,8-13H2,1-3H3. The molecule has 0 N–H and O–H groups in total. The maximum atomic E-state index is 12.6. The first-order chi connectivity index (χ1) is 12.2. The molecular weight excluding hydrogens is 354 g/mol.